The van der Waals surface area contributed by atoms with Crippen LogP contribution in [0, 0.1) is 0 Å². The van der Waals surface area contributed by atoms with Crippen LogP contribution in [0.3, 0.4) is 0 Å². The van der Waals surface area contributed by atoms with E-state index in [2.05, 4.69) is 11.4 Å². The van der Waals surface area contributed by atoms with Crippen molar-refractivity contribution >= 4 is 9.84 Å². The molecule has 20 heavy (non-hydrogen) atoms. The molecule has 1 heterocycles. The summed E-state index contributed by atoms with van der Waals surface area (Å²) < 4.78 is 28.9. The molecular formula is C15H23NO3S. The van der Waals surface area contributed by atoms with Crippen molar-refractivity contribution in [3.63, 3.8) is 0 Å². The smallest absolute Gasteiger partial charge is 0.154 e. The van der Waals surface area contributed by atoms with Crippen molar-refractivity contribution in [1.82, 2.24) is 5.32 Å². The van der Waals surface area contributed by atoms with Crippen LogP contribution in [0.5, 0.6) is 5.75 Å². The minimum atomic E-state index is -3.18. The zero-order chi connectivity index (χ0) is 15.0. The molecule has 0 spiro atoms. The van der Waals surface area contributed by atoms with Gasteiger partial charge in [-0.2, -0.15) is 0 Å². The van der Waals surface area contributed by atoms with Crippen LogP contribution in [0.1, 0.15) is 37.9 Å². The lowest BCUT2D eigenvalue weighted by Gasteiger charge is -2.34. The second-order valence-electron chi connectivity index (χ2n) is 5.83. The Hall–Kier alpha value is -1.07. The van der Waals surface area contributed by atoms with Crippen LogP contribution < -0.4 is 10.1 Å². The van der Waals surface area contributed by atoms with Gasteiger partial charge in [-0.1, -0.05) is 19.1 Å². The van der Waals surface area contributed by atoms with Crippen LogP contribution in [0.15, 0.2) is 18.2 Å². The number of nitrogens with one attached hydrogen (secondary N) is 1. The van der Waals surface area contributed by atoms with Gasteiger partial charge in [0, 0.05) is 12.7 Å². The fourth-order valence-electron chi connectivity index (χ4n) is 2.57. The molecule has 0 saturated heterocycles. The standard InChI is InChI=1S/C15H23NO3S/c1-5-16-14(15(2,3)20(4,17)18)12-6-7-13-11(10-12)8-9-19-13/h6-7,10,14,16H,5,8-9H2,1-4H3. The Balaban J connectivity index is 2.44. The molecule has 0 aliphatic carbocycles. The van der Waals surface area contributed by atoms with Crippen LogP contribution in [0.4, 0.5) is 0 Å². The SMILES string of the molecule is CCNC(c1ccc2c(c1)CCO2)C(C)(C)S(C)(=O)=O. The zero-order valence-corrected chi connectivity index (χ0v) is 13.4. The van der Waals surface area contributed by atoms with E-state index in [0.29, 0.717) is 6.61 Å². The summed E-state index contributed by atoms with van der Waals surface area (Å²) in [4.78, 5) is 0. The summed E-state index contributed by atoms with van der Waals surface area (Å²) in [7, 11) is -3.18. The lowest BCUT2D eigenvalue weighted by molar-refractivity contribution is 0.356. The second-order valence-corrected chi connectivity index (χ2v) is 8.43. The molecule has 1 aromatic rings. The summed E-state index contributed by atoms with van der Waals surface area (Å²) in [6.45, 7) is 6.97. The van der Waals surface area contributed by atoms with E-state index in [-0.39, 0.29) is 6.04 Å². The molecule has 1 aromatic carbocycles. The fourth-order valence-corrected chi connectivity index (χ4v) is 3.22. The molecule has 0 bridgehead atoms. The Morgan fingerprint density at radius 3 is 2.70 bits per heavy atom. The maximum atomic E-state index is 12.1. The first-order valence-corrected chi connectivity index (χ1v) is 8.85. The molecule has 4 nitrogen and oxygen atoms in total. The molecule has 0 saturated carbocycles. The highest BCUT2D eigenvalue weighted by atomic mass is 32.2. The van der Waals surface area contributed by atoms with E-state index in [4.69, 9.17) is 4.74 Å². The molecule has 1 aliphatic rings. The third-order valence-corrected chi connectivity index (χ3v) is 6.25. The normalized spacial score (nSPS) is 16.6. The lowest BCUT2D eigenvalue weighted by atomic mass is 9.93. The summed E-state index contributed by atoms with van der Waals surface area (Å²) in [6, 6.07) is 5.75. The number of sulfone groups is 1. The lowest BCUT2D eigenvalue weighted by Crippen LogP contribution is -2.45. The van der Waals surface area contributed by atoms with Crippen molar-refractivity contribution in [1.29, 1.82) is 0 Å². The Morgan fingerprint density at radius 2 is 2.10 bits per heavy atom. The Morgan fingerprint density at radius 1 is 1.40 bits per heavy atom. The number of ether oxygens (including phenoxy) is 1. The van der Waals surface area contributed by atoms with E-state index in [1.54, 1.807) is 13.8 Å². The molecule has 0 aromatic heterocycles. The highest BCUT2D eigenvalue weighted by molar-refractivity contribution is 7.92. The first-order valence-electron chi connectivity index (χ1n) is 6.96. The van der Waals surface area contributed by atoms with E-state index < -0.39 is 14.6 Å². The quantitative estimate of drug-likeness (QED) is 0.904. The van der Waals surface area contributed by atoms with E-state index in [9.17, 15) is 8.42 Å². The maximum absolute atomic E-state index is 12.1. The van der Waals surface area contributed by atoms with Crippen LogP contribution in [-0.2, 0) is 16.3 Å². The zero-order valence-electron chi connectivity index (χ0n) is 12.6. The highest BCUT2D eigenvalue weighted by Gasteiger charge is 2.39. The molecule has 1 atom stereocenters. The van der Waals surface area contributed by atoms with Gasteiger partial charge in [0.25, 0.3) is 0 Å². The Bertz CT molecular complexity index is 593. The Kier molecular flexibility index (Phi) is 4.12. The van der Waals surface area contributed by atoms with Gasteiger partial charge in [-0.3, -0.25) is 0 Å². The molecule has 5 heteroatoms. The van der Waals surface area contributed by atoms with Gasteiger partial charge in [-0.15, -0.1) is 0 Å². The largest absolute Gasteiger partial charge is 0.493 e. The number of hydrogen-bond acceptors (Lipinski definition) is 4. The van der Waals surface area contributed by atoms with Gasteiger partial charge in [-0.25, -0.2) is 8.42 Å². The van der Waals surface area contributed by atoms with Gasteiger partial charge in [-0.05, 0) is 37.6 Å². The number of rotatable bonds is 5. The monoisotopic (exact) mass is 297 g/mol. The molecule has 1 unspecified atom stereocenters. The van der Waals surface area contributed by atoms with Crippen LogP contribution in [-0.4, -0.2) is 32.6 Å². The molecule has 0 amide bonds. The topological polar surface area (TPSA) is 55.4 Å². The number of benzene rings is 1. The first-order chi connectivity index (χ1) is 9.27. The van der Waals surface area contributed by atoms with Crippen LogP contribution in [0.2, 0.25) is 0 Å². The van der Waals surface area contributed by atoms with Gasteiger partial charge in [0.15, 0.2) is 9.84 Å². The molecule has 0 fully saturated rings. The summed E-state index contributed by atoms with van der Waals surface area (Å²) in [5.41, 5.74) is 2.17. The van der Waals surface area contributed by atoms with Gasteiger partial charge in [0.05, 0.1) is 17.4 Å². The van der Waals surface area contributed by atoms with Crippen LogP contribution in [0.25, 0.3) is 0 Å². The fraction of sp³-hybridized carbons (Fsp3) is 0.600. The molecule has 0 radical (unpaired) electrons. The molecule has 2 rings (SSSR count). The minimum absolute atomic E-state index is 0.228. The Labute approximate surface area is 121 Å². The third kappa shape index (κ3) is 2.69. The average molecular weight is 297 g/mol. The van der Waals surface area contributed by atoms with Crippen molar-refractivity contribution in [2.45, 2.75) is 38.0 Å². The predicted octanol–water partition coefficient (Wildman–Crippen LogP) is 2.10. The van der Waals surface area contributed by atoms with Crippen molar-refractivity contribution in [2.75, 3.05) is 19.4 Å². The average Bonchev–Trinajstić information content (AvgIpc) is 2.81. The van der Waals surface area contributed by atoms with Gasteiger partial charge < -0.3 is 10.1 Å². The van der Waals surface area contributed by atoms with E-state index in [1.807, 2.05) is 19.1 Å². The second kappa shape index (κ2) is 5.37. The minimum Gasteiger partial charge on any atom is -0.493 e. The summed E-state index contributed by atoms with van der Waals surface area (Å²) in [5.74, 6) is 0.918. The van der Waals surface area contributed by atoms with Gasteiger partial charge in [0.1, 0.15) is 5.75 Å². The summed E-state index contributed by atoms with van der Waals surface area (Å²) in [5, 5.41) is 3.32. The van der Waals surface area contributed by atoms with Crippen LogP contribution >= 0.6 is 0 Å². The van der Waals surface area contributed by atoms with Crippen molar-refractivity contribution in [2.24, 2.45) is 0 Å². The predicted molar refractivity (Wildman–Crippen MR) is 81.0 cm³/mol. The van der Waals surface area contributed by atoms with Crippen molar-refractivity contribution in [3.8, 4) is 5.75 Å². The summed E-state index contributed by atoms with van der Waals surface area (Å²) in [6.07, 6.45) is 2.19. The third-order valence-electron chi connectivity index (χ3n) is 4.11. The first kappa shape index (κ1) is 15.3. The highest BCUT2D eigenvalue weighted by Crippen LogP contribution is 2.35. The molecule has 1 aliphatic heterocycles. The molecule has 112 valence electrons. The van der Waals surface area contributed by atoms with Gasteiger partial charge in [0.2, 0.25) is 0 Å². The maximum Gasteiger partial charge on any atom is 0.154 e. The van der Waals surface area contributed by atoms with E-state index in [1.165, 1.54) is 6.26 Å². The van der Waals surface area contributed by atoms with E-state index >= 15 is 0 Å². The number of fused-ring (bicyclic) bond motifs is 1. The van der Waals surface area contributed by atoms with Crippen molar-refractivity contribution < 1.29 is 13.2 Å². The molecular weight excluding hydrogens is 274 g/mol. The number of hydrogen-bond donors (Lipinski definition) is 1. The molecule has 1 N–H and O–H groups in total. The van der Waals surface area contributed by atoms with E-state index in [0.717, 1.165) is 29.8 Å². The summed E-state index contributed by atoms with van der Waals surface area (Å²) >= 11 is 0. The van der Waals surface area contributed by atoms with Crippen molar-refractivity contribution in [3.05, 3.63) is 29.3 Å². The van der Waals surface area contributed by atoms with Gasteiger partial charge >= 0.3 is 0 Å².